The molecule has 0 saturated heterocycles. The van der Waals surface area contributed by atoms with Gasteiger partial charge >= 0.3 is 0 Å². The second kappa shape index (κ2) is 7.38. The minimum absolute atomic E-state index is 0.263. The lowest BCUT2D eigenvalue weighted by Crippen LogP contribution is -2.43. The standard InChI is InChI=1S/C15H31NO/c1-5-6-12(4)10-17-15-9-13(11(2)3)7-8-14(15)16/h11-15H,5-10,16H2,1-4H3. The summed E-state index contributed by atoms with van der Waals surface area (Å²) in [6.45, 7) is 10.0. The van der Waals surface area contributed by atoms with Gasteiger partial charge in [-0.1, -0.05) is 34.1 Å². The fourth-order valence-electron chi connectivity index (χ4n) is 2.84. The normalized spacial score (nSPS) is 31.8. The fourth-order valence-corrected chi connectivity index (χ4v) is 2.84. The van der Waals surface area contributed by atoms with Gasteiger partial charge in [-0.15, -0.1) is 0 Å². The van der Waals surface area contributed by atoms with Gasteiger partial charge < -0.3 is 10.5 Å². The van der Waals surface area contributed by atoms with Gasteiger partial charge in [0, 0.05) is 12.6 Å². The summed E-state index contributed by atoms with van der Waals surface area (Å²) in [7, 11) is 0. The third kappa shape index (κ3) is 4.97. The van der Waals surface area contributed by atoms with Gasteiger partial charge in [0.25, 0.3) is 0 Å². The third-order valence-electron chi connectivity index (χ3n) is 4.20. The van der Waals surface area contributed by atoms with Crippen LogP contribution in [0.3, 0.4) is 0 Å². The predicted molar refractivity (Wildman–Crippen MR) is 74.0 cm³/mol. The molecule has 2 nitrogen and oxygen atoms in total. The highest BCUT2D eigenvalue weighted by Crippen LogP contribution is 2.31. The SMILES string of the molecule is CCCC(C)COC1CC(C(C)C)CCC1N. The van der Waals surface area contributed by atoms with Crippen molar-refractivity contribution >= 4 is 0 Å². The van der Waals surface area contributed by atoms with Gasteiger partial charge in [-0.2, -0.15) is 0 Å². The van der Waals surface area contributed by atoms with Crippen molar-refractivity contribution in [3.8, 4) is 0 Å². The van der Waals surface area contributed by atoms with E-state index < -0.39 is 0 Å². The molecule has 4 atom stereocenters. The van der Waals surface area contributed by atoms with Crippen LogP contribution in [0.15, 0.2) is 0 Å². The monoisotopic (exact) mass is 241 g/mol. The van der Waals surface area contributed by atoms with E-state index in [1.54, 1.807) is 0 Å². The van der Waals surface area contributed by atoms with Crippen LogP contribution in [0, 0.1) is 17.8 Å². The van der Waals surface area contributed by atoms with Crippen molar-refractivity contribution in [2.75, 3.05) is 6.61 Å². The Labute approximate surface area is 107 Å². The summed E-state index contributed by atoms with van der Waals surface area (Å²) in [6, 6.07) is 0.263. The molecule has 0 aromatic heterocycles. The summed E-state index contributed by atoms with van der Waals surface area (Å²) >= 11 is 0. The Kier molecular flexibility index (Phi) is 6.50. The van der Waals surface area contributed by atoms with Crippen LogP contribution in [0.5, 0.6) is 0 Å². The molecule has 0 spiro atoms. The van der Waals surface area contributed by atoms with Crippen molar-refractivity contribution in [1.29, 1.82) is 0 Å². The summed E-state index contributed by atoms with van der Waals surface area (Å²) < 4.78 is 6.06. The molecule has 1 aliphatic carbocycles. The largest absolute Gasteiger partial charge is 0.376 e. The summed E-state index contributed by atoms with van der Waals surface area (Å²) in [4.78, 5) is 0. The van der Waals surface area contributed by atoms with E-state index in [4.69, 9.17) is 10.5 Å². The third-order valence-corrected chi connectivity index (χ3v) is 4.20. The quantitative estimate of drug-likeness (QED) is 0.771. The second-order valence-corrected chi connectivity index (χ2v) is 6.25. The zero-order chi connectivity index (χ0) is 12.8. The van der Waals surface area contributed by atoms with E-state index in [2.05, 4.69) is 27.7 Å². The molecule has 1 rings (SSSR count). The first-order valence-corrected chi connectivity index (χ1v) is 7.41. The van der Waals surface area contributed by atoms with Gasteiger partial charge in [0.15, 0.2) is 0 Å². The Morgan fingerprint density at radius 2 is 1.94 bits per heavy atom. The van der Waals surface area contributed by atoms with E-state index >= 15 is 0 Å². The van der Waals surface area contributed by atoms with Crippen molar-refractivity contribution in [2.24, 2.45) is 23.5 Å². The lowest BCUT2D eigenvalue weighted by molar-refractivity contribution is -0.0216. The molecule has 1 aliphatic rings. The molecule has 0 aliphatic heterocycles. The Morgan fingerprint density at radius 3 is 2.53 bits per heavy atom. The molecule has 1 fully saturated rings. The molecule has 0 radical (unpaired) electrons. The lowest BCUT2D eigenvalue weighted by atomic mass is 9.78. The molecule has 0 heterocycles. The van der Waals surface area contributed by atoms with Crippen LogP contribution < -0.4 is 5.73 Å². The number of hydrogen-bond donors (Lipinski definition) is 1. The fraction of sp³-hybridized carbons (Fsp3) is 1.00. The first kappa shape index (κ1) is 15.0. The van der Waals surface area contributed by atoms with Gasteiger partial charge in [0.2, 0.25) is 0 Å². The highest BCUT2D eigenvalue weighted by Gasteiger charge is 2.30. The smallest absolute Gasteiger partial charge is 0.0728 e. The molecule has 0 aromatic carbocycles. The Balaban J connectivity index is 2.34. The van der Waals surface area contributed by atoms with E-state index in [9.17, 15) is 0 Å². The van der Waals surface area contributed by atoms with Crippen molar-refractivity contribution in [3.63, 3.8) is 0 Å². The molecular weight excluding hydrogens is 210 g/mol. The molecule has 0 bridgehead atoms. The van der Waals surface area contributed by atoms with E-state index in [0.717, 1.165) is 31.3 Å². The average Bonchev–Trinajstić information content (AvgIpc) is 2.28. The highest BCUT2D eigenvalue weighted by atomic mass is 16.5. The van der Waals surface area contributed by atoms with Crippen LogP contribution in [0.25, 0.3) is 0 Å². The number of rotatable bonds is 6. The minimum Gasteiger partial charge on any atom is -0.376 e. The van der Waals surface area contributed by atoms with E-state index in [1.165, 1.54) is 19.3 Å². The first-order chi connectivity index (χ1) is 8.04. The lowest BCUT2D eigenvalue weighted by Gasteiger charge is -2.36. The number of ether oxygens (including phenoxy) is 1. The molecule has 102 valence electrons. The van der Waals surface area contributed by atoms with Crippen molar-refractivity contribution in [1.82, 2.24) is 0 Å². The molecular formula is C15H31NO. The summed E-state index contributed by atoms with van der Waals surface area (Å²) in [5.74, 6) is 2.24. The van der Waals surface area contributed by atoms with Crippen LogP contribution in [-0.4, -0.2) is 18.8 Å². The van der Waals surface area contributed by atoms with Crippen LogP contribution >= 0.6 is 0 Å². The zero-order valence-electron chi connectivity index (χ0n) is 12.1. The van der Waals surface area contributed by atoms with Crippen LogP contribution in [-0.2, 0) is 4.74 Å². The summed E-state index contributed by atoms with van der Waals surface area (Å²) in [5, 5.41) is 0. The van der Waals surface area contributed by atoms with E-state index in [0.29, 0.717) is 12.0 Å². The Hall–Kier alpha value is -0.0800. The molecule has 2 heteroatoms. The molecule has 17 heavy (non-hydrogen) atoms. The summed E-state index contributed by atoms with van der Waals surface area (Å²) in [5.41, 5.74) is 6.18. The van der Waals surface area contributed by atoms with Crippen molar-refractivity contribution < 1.29 is 4.74 Å². The molecule has 0 aromatic rings. The predicted octanol–water partition coefficient (Wildman–Crippen LogP) is 3.59. The maximum Gasteiger partial charge on any atom is 0.0728 e. The Morgan fingerprint density at radius 1 is 1.24 bits per heavy atom. The van der Waals surface area contributed by atoms with Gasteiger partial charge in [0.05, 0.1) is 6.10 Å². The molecule has 2 N–H and O–H groups in total. The van der Waals surface area contributed by atoms with Gasteiger partial charge in [-0.3, -0.25) is 0 Å². The average molecular weight is 241 g/mol. The van der Waals surface area contributed by atoms with Crippen molar-refractivity contribution in [3.05, 3.63) is 0 Å². The number of hydrogen-bond acceptors (Lipinski definition) is 2. The highest BCUT2D eigenvalue weighted by molar-refractivity contribution is 4.84. The van der Waals surface area contributed by atoms with E-state index in [1.807, 2.05) is 0 Å². The zero-order valence-corrected chi connectivity index (χ0v) is 12.1. The second-order valence-electron chi connectivity index (χ2n) is 6.25. The number of nitrogens with two attached hydrogens (primary N) is 1. The molecule has 0 amide bonds. The minimum atomic E-state index is 0.263. The summed E-state index contributed by atoms with van der Waals surface area (Å²) in [6.07, 6.45) is 6.39. The van der Waals surface area contributed by atoms with Gasteiger partial charge in [-0.05, 0) is 43.4 Å². The van der Waals surface area contributed by atoms with Crippen LogP contribution in [0.2, 0.25) is 0 Å². The Bertz CT molecular complexity index is 205. The first-order valence-electron chi connectivity index (χ1n) is 7.41. The van der Waals surface area contributed by atoms with Crippen molar-refractivity contribution in [2.45, 2.75) is 71.9 Å². The van der Waals surface area contributed by atoms with E-state index in [-0.39, 0.29) is 6.04 Å². The van der Waals surface area contributed by atoms with Crippen LogP contribution in [0.4, 0.5) is 0 Å². The topological polar surface area (TPSA) is 35.2 Å². The van der Waals surface area contributed by atoms with Gasteiger partial charge in [-0.25, -0.2) is 0 Å². The maximum atomic E-state index is 6.18. The van der Waals surface area contributed by atoms with Crippen LogP contribution in [0.1, 0.15) is 59.8 Å². The van der Waals surface area contributed by atoms with Gasteiger partial charge in [0.1, 0.15) is 0 Å². The molecule has 4 unspecified atom stereocenters. The molecule has 1 saturated carbocycles. The maximum absolute atomic E-state index is 6.18.